The Labute approximate surface area is 169 Å². The highest BCUT2D eigenvalue weighted by Gasteiger charge is 2.15. The monoisotopic (exact) mass is 386 g/mol. The molecule has 0 fully saturated rings. The third-order valence-corrected chi connectivity index (χ3v) is 5.54. The first-order valence-electron chi connectivity index (χ1n) is 9.27. The van der Waals surface area contributed by atoms with Gasteiger partial charge in [0.15, 0.2) is 5.13 Å². The second-order valence-corrected chi connectivity index (χ2v) is 8.74. The smallest absolute Gasteiger partial charge is 0.257 e. The predicted molar refractivity (Wildman–Crippen MR) is 118 cm³/mol. The second-order valence-electron chi connectivity index (χ2n) is 7.88. The van der Waals surface area contributed by atoms with Crippen LogP contribution in [0.3, 0.4) is 0 Å². The Morgan fingerprint density at radius 1 is 0.929 bits per heavy atom. The molecule has 4 heteroatoms. The summed E-state index contributed by atoms with van der Waals surface area (Å²) in [5, 5.41) is 7.87. The van der Waals surface area contributed by atoms with Crippen molar-refractivity contribution in [2.45, 2.75) is 26.2 Å². The van der Waals surface area contributed by atoms with Crippen LogP contribution in [0.25, 0.3) is 22.0 Å². The number of rotatable bonds is 3. The number of carbonyl (C=O) groups is 1. The summed E-state index contributed by atoms with van der Waals surface area (Å²) in [6.45, 7) is 6.48. The van der Waals surface area contributed by atoms with E-state index in [0.29, 0.717) is 10.7 Å². The highest BCUT2D eigenvalue weighted by molar-refractivity contribution is 7.14. The number of benzene rings is 3. The number of nitrogens with zero attached hydrogens (tertiary/aromatic N) is 1. The quantitative estimate of drug-likeness (QED) is 0.436. The Morgan fingerprint density at radius 3 is 2.36 bits per heavy atom. The van der Waals surface area contributed by atoms with Crippen molar-refractivity contribution in [3.8, 4) is 11.3 Å². The Bertz CT molecular complexity index is 1140. The van der Waals surface area contributed by atoms with Gasteiger partial charge in [0.2, 0.25) is 0 Å². The van der Waals surface area contributed by atoms with E-state index in [2.05, 4.69) is 61.4 Å². The minimum atomic E-state index is -0.139. The molecule has 0 saturated carbocycles. The molecule has 3 aromatic carbocycles. The number of carbonyl (C=O) groups excluding carboxylic acids is 1. The molecule has 0 aliphatic rings. The van der Waals surface area contributed by atoms with Crippen LogP contribution in [-0.2, 0) is 5.41 Å². The van der Waals surface area contributed by atoms with Crippen molar-refractivity contribution in [2.24, 2.45) is 0 Å². The van der Waals surface area contributed by atoms with Gasteiger partial charge in [-0.05, 0) is 39.9 Å². The predicted octanol–water partition coefficient (Wildman–Crippen LogP) is 6.51. The summed E-state index contributed by atoms with van der Waals surface area (Å²) in [4.78, 5) is 17.1. The molecule has 1 amide bonds. The molecule has 4 rings (SSSR count). The number of anilines is 1. The maximum Gasteiger partial charge on any atom is 0.257 e. The number of hydrogen-bond acceptors (Lipinski definition) is 3. The van der Waals surface area contributed by atoms with E-state index in [-0.39, 0.29) is 11.3 Å². The summed E-state index contributed by atoms with van der Waals surface area (Å²) in [6, 6.07) is 22.3. The lowest BCUT2D eigenvalue weighted by Gasteiger charge is -2.18. The van der Waals surface area contributed by atoms with Gasteiger partial charge in [-0.1, -0.05) is 69.3 Å². The van der Waals surface area contributed by atoms with Gasteiger partial charge in [0.1, 0.15) is 0 Å². The average molecular weight is 387 g/mol. The molecule has 0 spiro atoms. The number of amides is 1. The summed E-state index contributed by atoms with van der Waals surface area (Å²) in [5.41, 5.74) is 3.82. The zero-order valence-electron chi connectivity index (χ0n) is 16.2. The summed E-state index contributed by atoms with van der Waals surface area (Å²) >= 11 is 1.44. The lowest BCUT2D eigenvalue weighted by atomic mass is 9.87. The molecule has 140 valence electrons. The molecule has 0 unspecified atom stereocenters. The molecule has 4 aromatic rings. The van der Waals surface area contributed by atoms with Crippen LogP contribution in [0.2, 0.25) is 0 Å². The van der Waals surface area contributed by atoms with Crippen molar-refractivity contribution < 1.29 is 4.79 Å². The second kappa shape index (κ2) is 7.21. The van der Waals surface area contributed by atoms with Crippen molar-refractivity contribution in [2.75, 3.05) is 5.32 Å². The van der Waals surface area contributed by atoms with Crippen molar-refractivity contribution in [1.29, 1.82) is 0 Å². The van der Waals surface area contributed by atoms with E-state index in [4.69, 9.17) is 0 Å². The molecule has 0 bridgehead atoms. The topological polar surface area (TPSA) is 42.0 Å². The van der Waals surface area contributed by atoms with E-state index in [1.54, 1.807) is 0 Å². The van der Waals surface area contributed by atoms with Crippen molar-refractivity contribution in [3.63, 3.8) is 0 Å². The maximum absolute atomic E-state index is 12.6. The van der Waals surface area contributed by atoms with Gasteiger partial charge in [0.05, 0.1) is 5.69 Å². The summed E-state index contributed by atoms with van der Waals surface area (Å²) in [6.07, 6.45) is 0. The van der Waals surface area contributed by atoms with Gasteiger partial charge >= 0.3 is 0 Å². The molecule has 1 aromatic heterocycles. The molecular formula is C24H22N2OS. The highest BCUT2D eigenvalue weighted by atomic mass is 32.1. The van der Waals surface area contributed by atoms with Crippen LogP contribution in [0.1, 0.15) is 36.7 Å². The molecule has 28 heavy (non-hydrogen) atoms. The van der Waals surface area contributed by atoms with E-state index in [0.717, 1.165) is 11.3 Å². The van der Waals surface area contributed by atoms with E-state index >= 15 is 0 Å². The van der Waals surface area contributed by atoms with Gasteiger partial charge < -0.3 is 0 Å². The summed E-state index contributed by atoms with van der Waals surface area (Å²) < 4.78 is 0. The minimum Gasteiger partial charge on any atom is -0.298 e. The fraction of sp³-hybridized carbons (Fsp3) is 0.167. The Kier molecular flexibility index (Phi) is 4.73. The van der Waals surface area contributed by atoms with Gasteiger partial charge in [0, 0.05) is 16.5 Å². The highest BCUT2D eigenvalue weighted by Crippen LogP contribution is 2.28. The number of aromatic nitrogens is 1. The number of nitrogens with one attached hydrogen (secondary N) is 1. The molecule has 0 aliphatic heterocycles. The standard InChI is InChI=1S/C24H22N2OS/c1-24(2,3)20-12-10-17(11-13-20)22(27)26-23-25-21(15-28-23)19-9-8-16-6-4-5-7-18(16)14-19/h4-15H,1-3H3,(H,25,26,27). The van der Waals surface area contributed by atoms with E-state index < -0.39 is 0 Å². The summed E-state index contributed by atoms with van der Waals surface area (Å²) in [7, 11) is 0. The van der Waals surface area contributed by atoms with Crippen LogP contribution < -0.4 is 5.32 Å². The lowest BCUT2D eigenvalue weighted by Crippen LogP contribution is -2.14. The molecule has 0 radical (unpaired) electrons. The number of hydrogen-bond donors (Lipinski definition) is 1. The Morgan fingerprint density at radius 2 is 1.64 bits per heavy atom. The fourth-order valence-electron chi connectivity index (χ4n) is 3.10. The molecular weight excluding hydrogens is 364 g/mol. The first kappa shape index (κ1) is 18.4. The molecule has 1 N–H and O–H groups in total. The first-order valence-corrected chi connectivity index (χ1v) is 10.1. The number of fused-ring (bicyclic) bond motifs is 1. The van der Waals surface area contributed by atoms with Gasteiger partial charge in [-0.15, -0.1) is 11.3 Å². The van der Waals surface area contributed by atoms with Crippen molar-refractivity contribution in [1.82, 2.24) is 4.98 Å². The maximum atomic E-state index is 12.6. The summed E-state index contributed by atoms with van der Waals surface area (Å²) in [5.74, 6) is -0.139. The molecule has 1 heterocycles. The molecule has 0 saturated heterocycles. The molecule has 0 atom stereocenters. The zero-order valence-corrected chi connectivity index (χ0v) is 17.0. The van der Waals surface area contributed by atoms with Crippen LogP contribution in [0.4, 0.5) is 5.13 Å². The lowest BCUT2D eigenvalue weighted by molar-refractivity contribution is 0.102. The van der Waals surface area contributed by atoms with Crippen LogP contribution >= 0.6 is 11.3 Å². The SMILES string of the molecule is CC(C)(C)c1ccc(C(=O)Nc2nc(-c3ccc4ccccc4c3)cs2)cc1. The fourth-order valence-corrected chi connectivity index (χ4v) is 3.82. The van der Waals surface area contributed by atoms with Gasteiger partial charge in [0.25, 0.3) is 5.91 Å². The zero-order chi connectivity index (χ0) is 19.7. The van der Waals surface area contributed by atoms with Crippen LogP contribution in [0, 0.1) is 0 Å². The van der Waals surface area contributed by atoms with Gasteiger partial charge in [-0.2, -0.15) is 0 Å². The van der Waals surface area contributed by atoms with E-state index in [9.17, 15) is 4.79 Å². The van der Waals surface area contributed by atoms with Crippen LogP contribution in [0.15, 0.2) is 72.1 Å². The average Bonchev–Trinajstić information content (AvgIpc) is 3.15. The third kappa shape index (κ3) is 3.82. The normalized spacial score (nSPS) is 11.5. The minimum absolute atomic E-state index is 0.0685. The Hall–Kier alpha value is -2.98. The van der Waals surface area contributed by atoms with E-state index in [1.165, 1.54) is 27.7 Å². The largest absolute Gasteiger partial charge is 0.298 e. The van der Waals surface area contributed by atoms with Crippen LogP contribution in [-0.4, -0.2) is 10.9 Å². The van der Waals surface area contributed by atoms with Crippen molar-refractivity contribution in [3.05, 3.63) is 83.2 Å². The molecule has 3 nitrogen and oxygen atoms in total. The van der Waals surface area contributed by atoms with Crippen molar-refractivity contribution >= 4 is 33.1 Å². The molecule has 0 aliphatic carbocycles. The third-order valence-electron chi connectivity index (χ3n) is 4.78. The van der Waals surface area contributed by atoms with Gasteiger partial charge in [-0.25, -0.2) is 4.98 Å². The van der Waals surface area contributed by atoms with Crippen LogP contribution in [0.5, 0.6) is 0 Å². The first-order chi connectivity index (χ1) is 13.4. The Balaban J connectivity index is 1.51. The van der Waals surface area contributed by atoms with E-state index in [1.807, 2.05) is 41.8 Å². The number of thiazole rings is 1. The van der Waals surface area contributed by atoms with Gasteiger partial charge in [-0.3, -0.25) is 10.1 Å².